The van der Waals surface area contributed by atoms with Crippen LogP contribution in [-0.2, 0) is 25.8 Å². The largest absolute Gasteiger partial charge is 0.347 e. The lowest BCUT2D eigenvalue weighted by atomic mass is 10.0. The first-order valence-electron chi connectivity index (χ1n) is 10.8. The predicted molar refractivity (Wildman–Crippen MR) is 139 cm³/mol. The van der Waals surface area contributed by atoms with E-state index < -0.39 is 0 Å². The van der Waals surface area contributed by atoms with E-state index in [2.05, 4.69) is 67.7 Å². The summed E-state index contributed by atoms with van der Waals surface area (Å²) in [6, 6.07) is 14.2. The van der Waals surface area contributed by atoms with E-state index in [1.54, 1.807) is 0 Å². The van der Waals surface area contributed by atoms with E-state index >= 15 is 0 Å². The van der Waals surface area contributed by atoms with Crippen LogP contribution in [0.3, 0.4) is 0 Å². The topological polar surface area (TPSA) is 51.1 Å². The van der Waals surface area contributed by atoms with Gasteiger partial charge in [-0.15, -0.1) is 0 Å². The third kappa shape index (κ3) is 5.07. The standard InChI is InChI=1S/C26H28Br2N2O2/c1-5-19-14-21(27)15-20(6-2)24(19)29-26(32)22-16(3)30(17(4)23(28)25(22)31)13-12-18-10-8-7-9-11-18/h7-11,14-15H,5-6,12-13H2,1-4H3,(H,29,32). The van der Waals surface area contributed by atoms with Crippen LogP contribution in [0.15, 0.2) is 56.2 Å². The Morgan fingerprint density at radius 2 is 1.56 bits per heavy atom. The van der Waals surface area contributed by atoms with Gasteiger partial charge in [-0.05, 0) is 77.9 Å². The van der Waals surface area contributed by atoms with Crippen LogP contribution in [0.4, 0.5) is 5.69 Å². The summed E-state index contributed by atoms with van der Waals surface area (Å²) >= 11 is 7.00. The minimum absolute atomic E-state index is 0.183. The van der Waals surface area contributed by atoms with Crippen molar-refractivity contribution in [3.05, 3.63) is 95.3 Å². The minimum Gasteiger partial charge on any atom is -0.347 e. The molecule has 32 heavy (non-hydrogen) atoms. The molecule has 0 spiro atoms. The average molecular weight is 560 g/mol. The Hall–Kier alpha value is -2.18. The normalized spacial score (nSPS) is 10.9. The van der Waals surface area contributed by atoms with Gasteiger partial charge in [0.05, 0.1) is 4.47 Å². The zero-order chi connectivity index (χ0) is 23.4. The molecule has 0 unspecified atom stereocenters. The zero-order valence-corrected chi connectivity index (χ0v) is 22.1. The molecule has 4 nitrogen and oxygen atoms in total. The molecule has 0 bridgehead atoms. The Bertz CT molecular complexity index is 1180. The fourth-order valence-electron chi connectivity index (χ4n) is 4.05. The molecule has 0 aliphatic heterocycles. The summed E-state index contributed by atoms with van der Waals surface area (Å²) < 4.78 is 3.47. The maximum Gasteiger partial charge on any atom is 0.261 e. The van der Waals surface area contributed by atoms with Crippen LogP contribution in [0, 0.1) is 13.8 Å². The lowest BCUT2D eigenvalue weighted by Crippen LogP contribution is -2.29. The zero-order valence-electron chi connectivity index (χ0n) is 18.9. The van der Waals surface area contributed by atoms with Crippen molar-refractivity contribution >= 4 is 43.5 Å². The first-order valence-corrected chi connectivity index (χ1v) is 12.4. The number of carbonyl (C=O) groups is 1. The van der Waals surface area contributed by atoms with Crippen LogP contribution in [0.25, 0.3) is 0 Å². The molecule has 6 heteroatoms. The molecule has 1 amide bonds. The van der Waals surface area contributed by atoms with Crippen molar-refractivity contribution in [1.82, 2.24) is 4.57 Å². The highest BCUT2D eigenvalue weighted by Gasteiger charge is 2.22. The Morgan fingerprint density at radius 1 is 0.969 bits per heavy atom. The first kappa shape index (κ1) is 24.5. The molecule has 0 saturated heterocycles. The summed E-state index contributed by atoms with van der Waals surface area (Å²) in [5.74, 6) is -0.367. The van der Waals surface area contributed by atoms with Crippen LogP contribution in [0.1, 0.15) is 52.3 Å². The highest BCUT2D eigenvalue weighted by Crippen LogP contribution is 2.28. The van der Waals surface area contributed by atoms with Gasteiger partial charge in [0.15, 0.2) is 0 Å². The van der Waals surface area contributed by atoms with Gasteiger partial charge in [0.1, 0.15) is 5.56 Å². The maximum absolute atomic E-state index is 13.4. The Labute approximate surface area is 206 Å². The number of aryl methyl sites for hydroxylation is 3. The number of pyridine rings is 1. The SMILES string of the molecule is CCc1cc(Br)cc(CC)c1NC(=O)c1c(C)n(CCc2ccccc2)c(C)c(Br)c1=O. The summed E-state index contributed by atoms with van der Waals surface area (Å²) in [6.45, 7) is 8.55. The summed E-state index contributed by atoms with van der Waals surface area (Å²) in [7, 11) is 0. The number of nitrogens with one attached hydrogen (secondary N) is 1. The van der Waals surface area contributed by atoms with Crippen LogP contribution < -0.4 is 10.7 Å². The molecule has 0 radical (unpaired) electrons. The van der Waals surface area contributed by atoms with E-state index in [0.29, 0.717) is 16.7 Å². The molecule has 1 heterocycles. The number of hydrogen-bond donors (Lipinski definition) is 1. The van der Waals surface area contributed by atoms with Gasteiger partial charge in [0, 0.05) is 28.1 Å². The summed E-state index contributed by atoms with van der Waals surface area (Å²) in [6.07, 6.45) is 2.37. The van der Waals surface area contributed by atoms with E-state index in [0.717, 1.165) is 46.2 Å². The number of halogens is 2. The van der Waals surface area contributed by atoms with Crippen molar-refractivity contribution < 1.29 is 4.79 Å². The fraction of sp³-hybridized carbons (Fsp3) is 0.308. The predicted octanol–water partition coefficient (Wildman–Crippen LogP) is 6.61. The van der Waals surface area contributed by atoms with Crippen molar-refractivity contribution in [2.45, 2.75) is 53.5 Å². The molecule has 1 aromatic heterocycles. The van der Waals surface area contributed by atoms with Gasteiger partial charge in [0.25, 0.3) is 5.91 Å². The van der Waals surface area contributed by atoms with E-state index in [1.165, 1.54) is 5.56 Å². The Morgan fingerprint density at radius 3 is 2.12 bits per heavy atom. The number of benzene rings is 2. The van der Waals surface area contributed by atoms with Crippen LogP contribution in [0.5, 0.6) is 0 Å². The summed E-state index contributed by atoms with van der Waals surface area (Å²) in [5.41, 5.74) is 5.50. The Kier molecular flexibility index (Phi) is 8.12. The molecule has 0 atom stereocenters. The first-order chi connectivity index (χ1) is 15.3. The molecule has 0 fully saturated rings. The summed E-state index contributed by atoms with van der Waals surface area (Å²) in [4.78, 5) is 26.5. The number of rotatable bonds is 7. The third-order valence-corrected chi connectivity index (χ3v) is 7.27. The molecule has 1 N–H and O–H groups in total. The molecule has 3 rings (SSSR count). The van der Waals surface area contributed by atoms with Gasteiger partial charge in [-0.25, -0.2) is 0 Å². The minimum atomic E-state index is -0.367. The number of carbonyl (C=O) groups excluding carboxylic acids is 1. The van der Waals surface area contributed by atoms with Crippen molar-refractivity contribution in [3.63, 3.8) is 0 Å². The summed E-state index contributed by atoms with van der Waals surface area (Å²) in [5, 5.41) is 3.06. The van der Waals surface area contributed by atoms with Crippen molar-refractivity contribution in [1.29, 1.82) is 0 Å². The second kappa shape index (κ2) is 10.6. The van der Waals surface area contributed by atoms with Gasteiger partial charge < -0.3 is 9.88 Å². The molecule has 0 saturated carbocycles. The number of amides is 1. The highest BCUT2D eigenvalue weighted by atomic mass is 79.9. The van der Waals surface area contributed by atoms with Crippen LogP contribution in [0.2, 0.25) is 0 Å². The van der Waals surface area contributed by atoms with Gasteiger partial charge in [-0.1, -0.05) is 60.1 Å². The van der Waals surface area contributed by atoms with E-state index in [-0.39, 0.29) is 16.9 Å². The van der Waals surface area contributed by atoms with Crippen LogP contribution in [-0.4, -0.2) is 10.5 Å². The second-order valence-corrected chi connectivity index (χ2v) is 9.55. The maximum atomic E-state index is 13.4. The molecule has 3 aromatic rings. The Balaban J connectivity index is 2.02. The smallest absolute Gasteiger partial charge is 0.261 e. The number of nitrogens with zero attached hydrogens (tertiary/aromatic N) is 1. The van der Waals surface area contributed by atoms with Crippen molar-refractivity contribution in [3.8, 4) is 0 Å². The van der Waals surface area contributed by atoms with Crippen molar-refractivity contribution in [2.24, 2.45) is 0 Å². The molecular formula is C26H28Br2N2O2. The fourth-order valence-corrected chi connectivity index (χ4v) is 5.02. The quantitative estimate of drug-likeness (QED) is 0.354. The third-order valence-electron chi connectivity index (χ3n) is 5.88. The lowest BCUT2D eigenvalue weighted by molar-refractivity contribution is 0.102. The monoisotopic (exact) mass is 558 g/mol. The van der Waals surface area contributed by atoms with Crippen molar-refractivity contribution in [2.75, 3.05) is 5.32 Å². The molecule has 168 valence electrons. The molecular weight excluding hydrogens is 532 g/mol. The van der Waals surface area contributed by atoms with Gasteiger partial charge in [0.2, 0.25) is 5.43 Å². The average Bonchev–Trinajstić information content (AvgIpc) is 2.79. The second-order valence-electron chi connectivity index (χ2n) is 7.84. The number of hydrogen-bond acceptors (Lipinski definition) is 2. The van der Waals surface area contributed by atoms with Gasteiger partial charge in [-0.3, -0.25) is 9.59 Å². The van der Waals surface area contributed by atoms with Gasteiger partial charge >= 0.3 is 0 Å². The van der Waals surface area contributed by atoms with Crippen LogP contribution >= 0.6 is 31.9 Å². The number of anilines is 1. The van der Waals surface area contributed by atoms with Gasteiger partial charge in [-0.2, -0.15) is 0 Å². The van der Waals surface area contributed by atoms with E-state index in [9.17, 15) is 9.59 Å². The number of aromatic nitrogens is 1. The van der Waals surface area contributed by atoms with E-state index in [4.69, 9.17) is 0 Å². The molecule has 2 aromatic carbocycles. The highest BCUT2D eigenvalue weighted by molar-refractivity contribution is 9.10. The molecule has 0 aliphatic rings. The molecule has 0 aliphatic carbocycles. The van der Waals surface area contributed by atoms with E-state index in [1.807, 2.05) is 44.2 Å². The lowest BCUT2D eigenvalue weighted by Gasteiger charge is -2.20.